The van der Waals surface area contributed by atoms with Crippen molar-refractivity contribution < 1.29 is 22.7 Å². The van der Waals surface area contributed by atoms with E-state index in [1.165, 1.54) is 17.4 Å². The third kappa shape index (κ3) is 7.11. The molecule has 2 aliphatic heterocycles. The van der Waals surface area contributed by atoms with Crippen LogP contribution >= 0.6 is 23.6 Å². The molecule has 0 saturated carbocycles. The van der Waals surface area contributed by atoms with Crippen molar-refractivity contribution in [3.63, 3.8) is 0 Å². The van der Waals surface area contributed by atoms with Gasteiger partial charge in [-0.2, -0.15) is 13.2 Å². The number of piperidine rings is 1. The molecule has 0 spiro atoms. The molecule has 202 valence electrons. The number of anilines is 2. The number of ether oxygens (including phenoxy) is 1. The molecular weight excluding hydrogens is 523 g/mol. The number of methoxy groups -OCH3 is 1. The second kappa shape index (κ2) is 12.4. The Hall–Kier alpha value is -2.44. The molecule has 2 aliphatic rings. The van der Waals surface area contributed by atoms with E-state index in [1.807, 2.05) is 4.90 Å². The molecule has 1 aromatic carbocycles. The minimum absolute atomic E-state index is 0.163. The van der Waals surface area contributed by atoms with Crippen LogP contribution in [-0.4, -0.2) is 67.3 Å². The van der Waals surface area contributed by atoms with E-state index < -0.39 is 17.6 Å². The predicted molar refractivity (Wildman–Crippen MR) is 144 cm³/mol. The lowest BCUT2D eigenvalue weighted by Gasteiger charge is -2.33. The molecule has 12 heteroatoms. The molecule has 1 amide bonds. The summed E-state index contributed by atoms with van der Waals surface area (Å²) < 4.78 is 45.1. The van der Waals surface area contributed by atoms with E-state index in [4.69, 9.17) is 17.0 Å². The highest BCUT2D eigenvalue weighted by molar-refractivity contribution is 7.80. The first kappa shape index (κ1) is 27.6. The second-order valence-corrected chi connectivity index (χ2v) is 10.6. The van der Waals surface area contributed by atoms with Crippen molar-refractivity contribution in [1.82, 2.24) is 15.2 Å². The molecule has 2 aromatic rings. The molecule has 0 atom stereocenters. The molecule has 3 heterocycles. The molecule has 4 rings (SSSR count). The van der Waals surface area contributed by atoms with Gasteiger partial charge in [0.15, 0.2) is 5.11 Å². The van der Waals surface area contributed by atoms with Crippen molar-refractivity contribution >= 4 is 45.9 Å². The number of rotatable bonds is 8. The van der Waals surface area contributed by atoms with Gasteiger partial charge >= 0.3 is 6.18 Å². The number of carbonyl (C=O) groups excluding carboxylic acids is 1. The standard InChI is InChI=1S/C25H32F3N5O2S2/c1-35-14-4-9-29-24(36)33-12-7-17(8-13-33)23-31-20(16-37-23)22(34)30-19-15-18(25(26,27)28)5-6-21(19)32-10-2-3-11-32/h5-6,15-17H,2-4,7-14H2,1H3,(H,29,36)(H,30,34). The van der Waals surface area contributed by atoms with Gasteiger partial charge in [0, 0.05) is 57.7 Å². The maximum Gasteiger partial charge on any atom is 0.416 e. The summed E-state index contributed by atoms with van der Waals surface area (Å²) in [5, 5.41) is 9.25. The average molecular weight is 556 g/mol. The van der Waals surface area contributed by atoms with Gasteiger partial charge in [-0.05, 0) is 62.5 Å². The highest BCUT2D eigenvalue weighted by atomic mass is 32.1. The number of thiocarbonyl (C=S) groups is 1. The Kier molecular flexibility index (Phi) is 9.25. The van der Waals surface area contributed by atoms with Crippen LogP contribution in [0.5, 0.6) is 0 Å². The van der Waals surface area contributed by atoms with Crippen LogP contribution in [0, 0.1) is 0 Å². The number of likely N-dealkylation sites (tertiary alicyclic amines) is 1. The highest BCUT2D eigenvalue weighted by Gasteiger charge is 2.32. The number of nitrogens with one attached hydrogen (secondary N) is 2. The maximum absolute atomic E-state index is 13.4. The van der Waals surface area contributed by atoms with Gasteiger partial charge in [0.05, 0.1) is 21.9 Å². The first-order valence-corrected chi connectivity index (χ1v) is 13.8. The Morgan fingerprint density at radius 3 is 2.62 bits per heavy atom. The van der Waals surface area contributed by atoms with Crippen LogP contribution < -0.4 is 15.5 Å². The fourth-order valence-corrected chi connectivity index (χ4v) is 5.92. The fraction of sp³-hybridized carbons (Fsp3) is 0.560. The largest absolute Gasteiger partial charge is 0.416 e. The zero-order valence-electron chi connectivity index (χ0n) is 20.8. The van der Waals surface area contributed by atoms with Gasteiger partial charge in [-0.25, -0.2) is 4.98 Å². The zero-order chi connectivity index (χ0) is 26.4. The Balaban J connectivity index is 1.38. The van der Waals surface area contributed by atoms with Crippen LogP contribution in [0.2, 0.25) is 0 Å². The number of aromatic nitrogens is 1. The van der Waals surface area contributed by atoms with E-state index in [1.54, 1.807) is 12.5 Å². The first-order chi connectivity index (χ1) is 17.8. The van der Waals surface area contributed by atoms with Crippen LogP contribution in [0.3, 0.4) is 0 Å². The summed E-state index contributed by atoms with van der Waals surface area (Å²) in [6.45, 7) is 4.55. The van der Waals surface area contributed by atoms with Crippen molar-refractivity contribution in [3.8, 4) is 0 Å². The van der Waals surface area contributed by atoms with Crippen molar-refractivity contribution in [2.24, 2.45) is 0 Å². The summed E-state index contributed by atoms with van der Waals surface area (Å²) in [6, 6.07) is 3.53. The summed E-state index contributed by atoms with van der Waals surface area (Å²) >= 11 is 6.91. The van der Waals surface area contributed by atoms with Gasteiger partial charge in [0.2, 0.25) is 0 Å². The van der Waals surface area contributed by atoms with E-state index in [-0.39, 0.29) is 17.3 Å². The molecule has 2 fully saturated rings. The monoisotopic (exact) mass is 555 g/mol. The molecular formula is C25H32F3N5O2S2. The molecule has 37 heavy (non-hydrogen) atoms. The minimum Gasteiger partial charge on any atom is -0.385 e. The summed E-state index contributed by atoms with van der Waals surface area (Å²) in [5.41, 5.74) is 0.203. The minimum atomic E-state index is -4.49. The van der Waals surface area contributed by atoms with Gasteiger partial charge < -0.3 is 25.2 Å². The van der Waals surface area contributed by atoms with Crippen LogP contribution in [-0.2, 0) is 10.9 Å². The molecule has 0 aliphatic carbocycles. The van der Waals surface area contributed by atoms with E-state index in [0.717, 1.165) is 87.1 Å². The fourth-order valence-electron chi connectivity index (χ4n) is 4.67. The third-order valence-electron chi connectivity index (χ3n) is 6.71. The molecule has 1 aromatic heterocycles. The van der Waals surface area contributed by atoms with Crippen LogP contribution in [0.1, 0.15) is 59.1 Å². The normalized spacial score (nSPS) is 16.8. The van der Waals surface area contributed by atoms with Crippen molar-refractivity contribution in [2.45, 2.75) is 44.2 Å². The molecule has 0 radical (unpaired) electrons. The van der Waals surface area contributed by atoms with Gasteiger partial charge in [-0.3, -0.25) is 4.79 Å². The van der Waals surface area contributed by atoms with E-state index in [0.29, 0.717) is 12.3 Å². The number of carbonyl (C=O) groups is 1. The lowest BCUT2D eigenvalue weighted by molar-refractivity contribution is -0.137. The maximum atomic E-state index is 13.4. The van der Waals surface area contributed by atoms with Crippen LogP contribution in [0.25, 0.3) is 0 Å². The second-order valence-electron chi connectivity index (χ2n) is 9.29. The van der Waals surface area contributed by atoms with Crippen molar-refractivity contribution in [2.75, 3.05) is 56.7 Å². The van der Waals surface area contributed by atoms with Crippen LogP contribution in [0.4, 0.5) is 24.5 Å². The summed E-state index contributed by atoms with van der Waals surface area (Å²) in [5.74, 6) is -0.283. The molecule has 2 N–H and O–H groups in total. The smallest absolute Gasteiger partial charge is 0.385 e. The highest BCUT2D eigenvalue weighted by Crippen LogP contribution is 2.37. The van der Waals surface area contributed by atoms with Gasteiger partial charge in [-0.15, -0.1) is 11.3 Å². The predicted octanol–water partition coefficient (Wildman–Crippen LogP) is 5.10. The number of alkyl halides is 3. The number of halogens is 3. The third-order valence-corrected chi connectivity index (χ3v) is 8.12. The molecule has 0 unspecified atom stereocenters. The Bertz CT molecular complexity index is 1080. The number of amides is 1. The lowest BCUT2D eigenvalue weighted by atomic mass is 9.98. The van der Waals surface area contributed by atoms with Gasteiger partial charge in [-0.1, -0.05) is 0 Å². The Morgan fingerprint density at radius 2 is 1.95 bits per heavy atom. The van der Waals surface area contributed by atoms with Crippen LogP contribution in [0.15, 0.2) is 23.6 Å². The van der Waals surface area contributed by atoms with Gasteiger partial charge in [0.1, 0.15) is 5.69 Å². The van der Waals surface area contributed by atoms with E-state index >= 15 is 0 Å². The topological polar surface area (TPSA) is 69.7 Å². The SMILES string of the molecule is COCCCNC(=S)N1CCC(c2nc(C(=O)Nc3cc(C(F)(F)F)ccc3N3CCCC3)cs2)CC1. The average Bonchev–Trinajstić information content (AvgIpc) is 3.59. The van der Waals surface area contributed by atoms with E-state index in [2.05, 4.69) is 20.5 Å². The number of benzene rings is 1. The van der Waals surface area contributed by atoms with E-state index in [9.17, 15) is 18.0 Å². The number of thiazole rings is 1. The number of nitrogens with zero attached hydrogens (tertiary/aromatic N) is 3. The Morgan fingerprint density at radius 1 is 1.22 bits per heavy atom. The quantitative estimate of drug-likeness (QED) is 0.347. The van der Waals surface area contributed by atoms with Crippen molar-refractivity contribution in [3.05, 3.63) is 39.8 Å². The zero-order valence-corrected chi connectivity index (χ0v) is 22.4. The lowest BCUT2D eigenvalue weighted by Crippen LogP contribution is -2.44. The van der Waals surface area contributed by atoms with Gasteiger partial charge in [0.25, 0.3) is 5.91 Å². The molecule has 7 nitrogen and oxygen atoms in total. The molecule has 2 saturated heterocycles. The Labute approximate surface area is 224 Å². The van der Waals surface area contributed by atoms with Crippen molar-refractivity contribution in [1.29, 1.82) is 0 Å². The summed E-state index contributed by atoms with van der Waals surface area (Å²) in [4.78, 5) is 21.7. The first-order valence-electron chi connectivity index (χ1n) is 12.5. The summed E-state index contributed by atoms with van der Waals surface area (Å²) in [7, 11) is 1.67. The molecule has 0 bridgehead atoms. The summed E-state index contributed by atoms with van der Waals surface area (Å²) in [6.07, 6.45) is 0.0570. The number of hydrogen-bond acceptors (Lipinski definition) is 6. The number of hydrogen-bond donors (Lipinski definition) is 2.